The van der Waals surface area contributed by atoms with E-state index in [2.05, 4.69) is 4.74 Å². The average molecular weight is 272 g/mol. The van der Waals surface area contributed by atoms with Gasteiger partial charge in [0.05, 0.1) is 12.9 Å². The number of hydrogen-bond acceptors (Lipinski definition) is 8. The third-order valence-corrected chi connectivity index (χ3v) is 1.48. The maximum absolute atomic E-state index is 10.5. The van der Waals surface area contributed by atoms with E-state index in [4.69, 9.17) is 25.0 Å². The Morgan fingerprint density at radius 2 is 1.82 bits per heavy atom. The van der Waals surface area contributed by atoms with Crippen LogP contribution in [0.3, 0.4) is 0 Å². The molecule has 0 bridgehead atoms. The molecule has 100 valence electrons. The fourth-order valence-electron chi connectivity index (χ4n) is 0.823. The number of ether oxygens (including phenoxy) is 1. The van der Waals surface area contributed by atoms with Gasteiger partial charge >= 0.3 is 5.97 Å². The number of hydrogen-bond donors (Lipinski definition) is 5. The van der Waals surface area contributed by atoms with Crippen LogP contribution in [0.2, 0.25) is 0 Å². The van der Waals surface area contributed by atoms with E-state index >= 15 is 0 Å². The van der Waals surface area contributed by atoms with Crippen molar-refractivity contribution < 1.29 is 42.9 Å². The number of cyclic esters (lactones) is 1. The second-order valence-corrected chi connectivity index (χ2v) is 4.51. The molecule has 0 aromatic heterocycles. The van der Waals surface area contributed by atoms with Crippen molar-refractivity contribution >= 4 is 16.1 Å². The van der Waals surface area contributed by atoms with Crippen molar-refractivity contribution in [3.63, 3.8) is 0 Å². The molecule has 1 rings (SSSR count). The predicted molar refractivity (Wildman–Crippen MR) is 52.7 cm³/mol. The molecule has 10 heteroatoms. The first-order valence-electron chi connectivity index (χ1n) is 4.12. The molecule has 0 saturated heterocycles. The number of carbonyl (C=O) groups is 1. The molecule has 0 radical (unpaired) electrons. The van der Waals surface area contributed by atoms with E-state index in [1.54, 1.807) is 0 Å². The first-order valence-corrected chi connectivity index (χ1v) is 5.97. The molecule has 1 aliphatic heterocycles. The Hall–Kier alpha value is -1.36. The summed E-state index contributed by atoms with van der Waals surface area (Å²) in [6.07, 6.45) is -2.06. The monoisotopic (exact) mass is 272 g/mol. The molecule has 0 saturated carbocycles. The quantitative estimate of drug-likeness (QED) is 0.285. The van der Waals surface area contributed by atoms with Crippen LogP contribution in [0.15, 0.2) is 11.5 Å². The molecule has 1 heterocycles. The normalized spacial score (nSPS) is 21.6. The minimum Gasteiger partial charge on any atom is -0.505 e. The molecule has 5 N–H and O–H groups in total. The summed E-state index contributed by atoms with van der Waals surface area (Å²) >= 11 is 0. The van der Waals surface area contributed by atoms with Gasteiger partial charge in [-0.3, -0.25) is 4.55 Å². The highest BCUT2D eigenvalue weighted by molar-refractivity contribution is 7.85. The van der Waals surface area contributed by atoms with Crippen LogP contribution in [0.25, 0.3) is 0 Å². The zero-order chi connectivity index (χ0) is 13.8. The Morgan fingerprint density at radius 3 is 2.06 bits per heavy atom. The Labute approximate surface area is 96.3 Å². The summed E-state index contributed by atoms with van der Waals surface area (Å²) in [5, 5.41) is 35.0. The molecule has 0 aromatic rings. The molecule has 9 nitrogen and oxygen atoms in total. The fourth-order valence-corrected chi connectivity index (χ4v) is 0.823. The van der Waals surface area contributed by atoms with Crippen LogP contribution in [-0.4, -0.2) is 64.4 Å². The first kappa shape index (κ1) is 15.6. The lowest BCUT2D eigenvalue weighted by Crippen LogP contribution is -2.31. The highest BCUT2D eigenvalue weighted by Crippen LogP contribution is 2.20. The average Bonchev–Trinajstić information content (AvgIpc) is 2.42. The van der Waals surface area contributed by atoms with Gasteiger partial charge in [-0.25, -0.2) is 4.79 Å². The van der Waals surface area contributed by atoms with Crippen molar-refractivity contribution in [2.24, 2.45) is 0 Å². The lowest BCUT2D eigenvalue weighted by molar-refractivity contribution is -0.147. The van der Waals surface area contributed by atoms with Gasteiger partial charge in [-0.2, -0.15) is 8.42 Å². The molecule has 1 aliphatic rings. The molecular formula is C7H12O9S. The summed E-state index contributed by atoms with van der Waals surface area (Å²) in [4.78, 5) is 10.5. The number of esters is 1. The maximum Gasteiger partial charge on any atom is 0.377 e. The Balaban J connectivity index is 0.000000437. The topological polar surface area (TPSA) is 162 Å². The van der Waals surface area contributed by atoms with Crippen LogP contribution in [-0.2, 0) is 19.6 Å². The standard InChI is InChI=1S/C6H8O6.CH4O3S/c7-1-2(8)5-3(9)4(10)6(11)12-5;1-5(2,3)4/h2,5,7-10H,1H2;1H3,(H,2,3,4)/t2-,5+;/m0./s1. The summed E-state index contributed by atoms with van der Waals surface area (Å²) in [6, 6.07) is 0. The second-order valence-electron chi connectivity index (χ2n) is 3.04. The molecule has 0 amide bonds. The van der Waals surface area contributed by atoms with Gasteiger partial charge in [0.15, 0.2) is 11.9 Å². The highest BCUT2D eigenvalue weighted by atomic mass is 32.2. The van der Waals surface area contributed by atoms with E-state index in [1.807, 2.05) is 0 Å². The zero-order valence-corrected chi connectivity index (χ0v) is 9.46. The molecule has 17 heavy (non-hydrogen) atoms. The lowest BCUT2D eigenvalue weighted by Gasteiger charge is -2.13. The summed E-state index contributed by atoms with van der Waals surface area (Å²) in [5.74, 6) is -2.78. The van der Waals surface area contributed by atoms with Crippen LogP contribution in [0.4, 0.5) is 0 Å². The second kappa shape index (κ2) is 5.82. The van der Waals surface area contributed by atoms with Gasteiger partial charge in [0, 0.05) is 0 Å². The number of carbonyl (C=O) groups excluding carboxylic acids is 1. The van der Waals surface area contributed by atoms with Crippen molar-refractivity contribution in [1.82, 2.24) is 0 Å². The highest BCUT2D eigenvalue weighted by Gasteiger charge is 2.38. The van der Waals surface area contributed by atoms with Gasteiger partial charge in [-0.1, -0.05) is 0 Å². The van der Waals surface area contributed by atoms with Crippen LogP contribution >= 0.6 is 0 Å². The Bertz CT molecular complexity index is 401. The van der Waals surface area contributed by atoms with Crippen molar-refractivity contribution in [3.05, 3.63) is 11.5 Å². The third-order valence-electron chi connectivity index (χ3n) is 1.48. The van der Waals surface area contributed by atoms with Crippen molar-refractivity contribution in [3.8, 4) is 0 Å². The van der Waals surface area contributed by atoms with Gasteiger partial charge in [0.1, 0.15) is 6.10 Å². The van der Waals surface area contributed by atoms with Gasteiger partial charge in [-0.15, -0.1) is 0 Å². The van der Waals surface area contributed by atoms with E-state index in [9.17, 15) is 13.2 Å². The summed E-state index contributed by atoms with van der Waals surface area (Å²) < 4.78 is 30.2. The van der Waals surface area contributed by atoms with Gasteiger partial charge in [0.25, 0.3) is 10.1 Å². The smallest absolute Gasteiger partial charge is 0.377 e. The predicted octanol–water partition coefficient (Wildman–Crippen LogP) is -1.90. The van der Waals surface area contributed by atoms with Crippen LogP contribution < -0.4 is 0 Å². The SMILES string of the molecule is CS(=O)(=O)O.O=C1O[C@H]([C@@H](O)CO)C(O)=C1O. The lowest BCUT2D eigenvalue weighted by atomic mass is 10.2. The van der Waals surface area contributed by atoms with Crippen molar-refractivity contribution in [2.45, 2.75) is 12.2 Å². The molecular weight excluding hydrogens is 260 g/mol. The van der Waals surface area contributed by atoms with E-state index in [-0.39, 0.29) is 0 Å². The van der Waals surface area contributed by atoms with Crippen molar-refractivity contribution in [1.29, 1.82) is 0 Å². The molecule has 0 aliphatic carbocycles. The van der Waals surface area contributed by atoms with E-state index < -0.39 is 46.4 Å². The third kappa shape index (κ3) is 5.49. The molecule has 0 aromatic carbocycles. The minimum absolute atomic E-state index is 0.671. The summed E-state index contributed by atoms with van der Waals surface area (Å²) in [6.45, 7) is -0.671. The molecule has 0 fully saturated rings. The van der Waals surface area contributed by atoms with Gasteiger partial charge in [-0.05, 0) is 0 Å². The summed E-state index contributed by atoms with van der Waals surface area (Å²) in [5.41, 5.74) is 0. The van der Waals surface area contributed by atoms with Crippen LogP contribution in [0.1, 0.15) is 0 Å². The van der Waals surface area contributed by atoms with Gasteiger partial charge in [0.2, 0.25) is 5.76 Å². The zero-order valence-electron chi connectivity index (χ0n) is 8.64. The summed E-state index contributed by atoms with van der Waals surface area (Å²) in [7, 11) is -3.67. The Morgan fingerprint density at radius 1 is 1.41 bits per heavy atom. The van der Waals surface area contributed by atoms with E-state index in [0.29, 0.717) is 6.26 Å². The molecule has 0 unspecified atom stereocenters. The number of rotatable bonds is 2. The van der Waals surface area contributed by atoms with Gasteiger partial charge < -0.3 is 25.2 Å². The fraction of sp³-hybridized carbons (Fsp3) is 0.571. The minimum atomic E-state index is -3.67. The van der Waals surface area contributed by atoms with Crippen molar-refractivity contribution in [2.75, 3.05) is 12.9 Å². The molecule has 0 spiro atoms. The number of aliphatic hydroxyl groups excluding tert-OH is 4. The maximum atomic E-state index is 10.5. The first-order chi connectivity index (χ1) is 7.57. The van der Waals surface area contributed by atoms with Crippen LogP contribution in [0.5, 0.6) is 0 Å². The Kier molecular flexibility index (Phi) is 5.35. The largest absolute Gasteiger partial charge is 0.505 e. The van der Waals surface area contributed by atoms with Crippen LogP contribution in [0, 0.1) is 0 Å². The van der Waals surface area contributed by atoms with E-state index in [0.717, 1.165) is 0 Å². The van der Waals surface area contributed by atoms with E-state index in [1.165, 1.54) is 0 Å². The molecule has 2 atom stereocenters. The number of aliphatic hydroxyl groups is 4.